The predicted molar refractivity (Wildman–Crippen MR) is 130 cm³/mol. The van der Waals surface area contributed by atoms with Crippen LogP contribution in [0.4, 0.5) is 11.4 Å². The molecule has 32 heavy (non-hydrogen) atoms. The summed E-state index contributed by atoms with van der Waals surface area (Å²) in [7, 11) is 1.96. The Kier molecular flexibility index (Phi) is 6.15. The van der Waals surface area contributed by atoms with E-state index >= 15 is 0 Å². The normalized spacial score (nSPS) is 26.5. The molecule has 1 amide bonds. The van der Waals surface area contributed by atoms with Crippen molar-refractivity contribution in [3.8, 4) is 0 Å². The van der Waals surface area contributed by atoms with Crippen LogP contribution in [0.2, 0.25) is 0 Å². The highest BCUT2D eigenvalue weighted by molar-refractivity contribution is 6.07. The molecule has 0 saturated heterocycles. The summed E-state index contributed by atoms with van der Waals surface area (Å²) < 4.78 is 0. The van der Waals surface area contributed by atoms with E-state index in [0.29, 0.717) is 12.8 Å². The summed E-state index contributed by atoms with van der Waals surface area (Å²) in [6.07, 6.45) is 6.64. The Hall–Kier alpha value is -2.63. The number of amides is 1. The van der Waals surface area contributed by atoms with E-state index in [1.54, 1.807) is 0 Å². The van der Waals surface area contributed by atoms with E-state index in [0.717, 1.165) is 48.3 Å². The topological polar surface area (TPSA) is 65.0 Å². The fourth-order valence-corrected chi connectivity index (χ4v) is 5.33. The SMILES string of the molecule is CCCCCC(=O)N1c2ccccc2NC2=C(C(=O)CC(C)(C)C2)C1C1C=NN(C)C1C. The molecule has 1 N–H and O–H groups in total. The molecule has 1 aromatic rings. The van der Waals surface area contributed by atoms with Gasteiger partial charge in [-0.05, 0) is 37.3 Å². The summed E-state index contributed by atoms with van der Waals surface area (Å²) in [5.41, 5.74) is 3.36. The number of fused-ring (bicyclic) bond motifs is 1. The molecular formula is C26H36N4O2. The van der Waals surface area contributed by atoms with E-state index in [1.807, 2.05) is 47.4 Å². The molecule has 1 aliphatic carbocycles. The minimum absolute atomic E-state index is 0.0572. The highest BCUT2D eigenvalue weighted by Gasteiger charge is 2.47. The van der Waals surface area contributed by atoms with Crippen LogP contribution in [0.15, 0.2) is 40.6 Å². The van der Waals surface area contributed by atoms with E-state index in [-0.39, 0.29) is 35.1 Å². The second-order valence-corrected chi connectivity index (χ2v) is 10.3. The summed E-state index contributed by atoms with van der Waals surface area (Å²) in [6.45, 7) is 8.55. The van der Waals surface area contributed by atoms with Gasteiger partial charge in [-0.2, -0.15) is 5.10 Å². The predicted octanol–water partition coefficient (Wildman–Crippen LogP) is 4.97. The van der Waals surface area contributed by atoms with Gasteiger partial charge >= 0.3 is 0 Å². The highest BCUT2D eigenvalue weighted by atomic mass is 16.2. The fourth-order valence-electron chi connectivity index (χ4n) is 5.33. The van der Waals surface area contributed by atoms with Gasteiger partial charge in [0.05, 0.1) is 23.5 Å². The van der Waals surface area contributed by atoms with Crippen molar-refractivity contribution in [1.82, 2.24) is 5.01 Å². The van der Waals surface area contributed by atoms with E-state index < -0.39 is 0 Å². The Bertz CT molecular complexity index is 964. The summed E-state index contributed by atoms with van der Waals surface area (Å²) >= 11 is 0. The van der Waals surface area contributed by atoms with Crippen molar-refractivity contribution in [2.45, 2.75) is 78.3 Å². The number of unbranched alkanes of at least 4 members (excludes halogenated alkanes) is 2. The molecule has 4 rings (SSSR count). The first-order valence-electron chi connectivity index (χ1n) is 11.9. The molecule has 0 radical (unpaired) electrons. The van der Waals surface area contributed by atoms with Gasteiger partial charge in [-0.1, -0.05) is 45.7 Å². The third-order valence-corrected chi connectivity index (χ3v) is 7.14. The average molecular weight is 437 g/mol. The number of benzene rings is 1. The third-order valence-electron chi connectivity index (χ3n) is 7.14. The molecule has 0 saturated carbocycles. The molecule has 0 aromatic heterocycles. The monoisotopic (exact) mass is 436 g/mol. The number of hydrazone groups is 1. The molecule has 3 aliphatic rings. The largest absolute Gasteiger partial charge is 0.357 e. The molecule has 1 aromatic carbocycles. The quantitative estimate of drug-likeness (QED) is 0.662. The minimum atomic E-state index is -0.359. The minimum Gasteiger partial charge on any atom is -0.357 e. The van der Waals surface area contributed by atoms with Crippen molar-refractivity contribution in [3.05, 3.63) is 35.5 Å². The molecule has 3 unspecified atom stereocenters. The van der Waals surface area contributed by atoms with Crippen molar-refractivity contribution in [2.75, 3.05) is 17.3 Å². The van der Waals surface area contributed by atoms with Gasteiger partial charge in [0.25, 0.3) is 0 Å². The number of rotatable bonds is 5. The first-order valence-corrected chi connectivity index (χ1v) is 11.9. The van der Waals surface area contributed by atoms with Gasteiger partial charge in [-0.25, -0.2) is 0 Å². The summed E-state index contributed by atoms with van der Waals surface area (Å²) in [4.78, 5) is 29.3. The molecular weight excluding hydrogens is 400 g/mol. The maximum atomic E-state index is 13.8. The van der Waals surface area contributed by atoms with Crippen LogP contribution in [0.1, 0.15) is 66.2 Å². The fraction of sp³-hybridized carbons (Fsp3) is 0.577. The molecule has 0 spiro atoms. The van der Waals surface area contributed by atoms with Crippen LogP contribution in [-0.2, 0) is 9.59 Å². The van der Waals surface area contributed by atoms with Gasteiger partial charge in [-0.15, -0.1) is 0 Å². The number of anilines is 2. The lowest BCUT2D eigenvalue weighted by Gasteiger charge is -2.40. The Labute approximate surface area is 191 Å². The lowest BCUT2D eigenvalue weighted by Crippen LogP contribution is -2.52. The number of allylic oxidation sites excluding steroid dienone is 1. The van der Waals surface area contributed by atoms with Crippen molar-refractivity contribution in [3.63, 3.8) is 0 Å². The number of carbonyl (C=O) groups is 2. The summed E-state index contributed by atoms with van der Waals surface area (Å²) in [5, 5.41) is 10.1. The molecule has 3 atom stereocenters. The maximum absolute atomic E-state index is 13.8. The van der Waals surface area contributed by atoms with Gasteiger partial charge in [0.1, 0.15) is 0 Å². The zero-order valence-corrected chi connectivity index (χ0v) is 20.0. The lowest BCUT2D eigenvalue weighted by molar-refractivity contribution is -0.119. The number of carbonyl (C=O) groups excluding carboxylic acids is 2. The first kappa shape index (κ1) is 22.6. The number of Topliss-reactive ketones (excluding diaryl/α,β-unsaturated/α-hetero) is 1. The van der Waals surface area contributed by atoms with Gasteiger partial charge < -0.3 is 10.2 Å². The second kappa shape index (κ2) is 8.72. The van der Waals surface area contributed by atoms with Crippen molar-refractivity contribution in [1.29, 1.82) is 0 Å². The molecule has 2 heterocycles. The first-order chi connectivity index (χ1) is 15.2. The summed E-state index contributed by atoms with van der Waals surface area (Å²) in [5.74, 6) is 0.167. The molecule has 6 nitrogen and oxygen atoms in total. The van der Waals surface area contributed by atoms with Crippen LogP contribution in [-0.4, -0.2) is 42.0 Å². The van der Waals surface area contributed by atoms with E-state index in [4.69, 9.17) is 0 Å². The van der Waals surface area contributed by atoms with Crippen LogP contribution in [0.3, 0.4) is 0 Å². The molecule has 0 bridgehead atoms. The number of ketones is 1. The van der Waals surface area contributed by atoms with Crippen molar-refractivity contribution in [2.24, 2.45) is 16.4 Å². The van der Waals surface area contributed by atoms with Gasteiger partial charge in [-0.3, -0.25) is 14.6 Å². The smallest absolute Gasteiger partial charge is 0.227 e. The maximum Gasteiger partial charge on any atom is 0.227 e. The van der Waals surface area contributed by atoms with Gasteiger partial charge in [0.2, 0.25) is 5.91 Å². The van der Waals surface area contributed by atoms with Crippen molar-refractivity contribution < 1.29 is 9.59 Å². The van der Waals surface area contributed by atoms with E-state index in [2.05, 4.69) is 38.1 Å². The van der Waals surface area contributed by atoms with Crippen LogP contribution in [0, 0.1) is 11.3 Å². The lowest BCUT2D eigenvalue weighted by atomic mass is 9.72. The van der Waals surface area contributed by atoms with Crippen LogP contribution >= 0.6 is 0 Å². The van der Waals surface area contributed by atoms with Crippen LogP contribution < -0.4 is 10.2 Å². The Morgan fingerprint density at radius 3 is 2.66 bits per heavy atom. The second-order valence-electron chi connectivity index (χ2n) is 10.3. The zero-order chi connectivity index (χ0) is 23.0. The average Bonchev–Trinajstić information content (AvgIpc) is 2.97. The number of hydrogen-bond acceptors (Lipinski definition) is 5. The number of nitrogens with one attached hydrogen (secondary N) is 1. The number of para-hydroxylation sites is 2. The Balaban J connectivity index is 1.88. The number of nitrogens with zero attached hydrogens (tertiary/aromatic N) is 3. The van der Waals surface area contributed by atoms with Gasteiger partial charge in [0, 0.05) is 43.3 Å². The third kappa shape index (κ3) is 4.07. The number of hydrogen-bond donors (Lipinski definition) is 1. The Morgan fingerprint density at radius 2 is 1.97 bits per heavy atom. The molecule has 0 fully saturated rings. The molecule has 6 heteroatoms. The van der Waals surface area contributed by atoms with E-state index in [9.17, 15) is 9.59 Å². The summed E-state index contributed by atoms with van der Waals surface area (Å²) in [6, 6.07) is 7.70. The van der Waals surface area contributed by atoms with E-state index in [1.165, 1.54) is 0 Å². The zero-order valence-electron chi connectivity index (χ0n) is 20.0. The molecule has 2 aliphatic heterocycles. The van der Waals surface area contributed by atoms with Gasteiger partial charge in [0.15, 0.2) is 5.78 Å². The molecule has 172 valence electrons. The highest BCUT2D eigenvalue weighted by Crippen LogP contribution is 2.46. The van der Waals surface area contributed by atoms with Crippen molar-refractivity contribution >= 4 is 29.3 Å². The van der Waals surface area contributed by atoms with Crippen LogP contribution in [0.25, 0.3) is 0 Å². The Morgan fingerprint density at radius 1 is 1.22 bits per heavy atom. The van der Waals surface area contributed by atoms with Crippen LogP contribution in [0.5, 0.6) is 0 Å². The standard InChI is InChI=1S/C26H36N4O2/c1-6-7-8-13-23(32)30-21-12-10-9-11-19(21)28-20-14-26(3,4)15-22(31)24(20)25(30)18-16-27-29(5)17(18)2/h9-12,16-18,25,28H,6-8,13-15H2,1-5H3.